The van der Waals surface area contributed by atoms with Gasteiger partial charge in [0.05, 0.1) is 16.4 Å². The number of carbonyl (C=O) groups excluding carboxylic acids is 1. The smallest absolute Gasteiger partial charge is 0.244 e. The Bertz CT molecular complexity index is 457. The minimum Gasteiger partial charge on any atom is -0.338 e. The Kier molecular flexibility index (Phi) is 3.92. The van der Waals surface area contributed by atoms with Crippen molar-refractivity contribution in [3.05, 3.63) is 16.4 Å². The largest absolute Gasteiger partial charge is 0.338 e. The van der Waals surface area contributed by atoms with Gasteiger partial charge in [-0.15, -0.1) is 0 Å². The lowest BCUT2D eigenvalue weighted by Crippen LogP contribution is -2.52. The van der Waals surface area contributed by atoms with Crippen LogP contribution in [-0.2, 0) is 11.3 Å². The third-order valence-corrected chi connectivity index (χ3v) is 3.85. The van der Waals surface area contributed by atoms with Crippen molar-refractivity contribution in [1.29, 1.82) is 0 Å². The molecule has 18 heavy (non-hydrogen) atoms. The molecule has 0 saturated carbocycles. The van der Waals surface area contributed by atoms with E-state index in [-0.39, 0.29) is 12.5 Å². The van der Waals surface area contributed by atoms with Crippen LogP contribution in [0.25, 0.3) is 0 Å². The molecule has 1 aliphatic heterocycles. The molecular formula is C12H19ClN4O. The van der Waals surface area contributed by atoms with Crippen LogP contribution in [0.4, 0.5) is 0 Å². The fourth-order valence-electron chi connectivity index (χ4n) is 2.22. The van der Waals surface area contributed by atoms with E-state index >= 15 is 0 Å². The lowest BCUT2D eigenvalue weighted by Gasteiger charge is -2.32. The molecule has 0 spiro atoms. The van der Waals surface area contributed by atoms with Crippen LogP contribution >= 0.6 is 11.6 Å². The van der Waals surface area contributed by atoms with Crippen molar-refractivity contribution in [3.8, 4) is 0 Å². The lowest BCUT2D eigenvalue weighted by molar-refractivity contribution is -0.133. The summed E-state index contributed by atoms with van der Waals surface area (Å²) in [6.07, 6.45) is 0. The fourth-order valence-corrected chi connectivity index (χ4v) is 2.35. The second kappa shape index (κ2) is 5.28. The Balaban J connectivity index is 2.04. The van der Waals surface area contributed by atoms with Gasteiger partial charge >= 0.3 is 0 Å². The van der Waals surface area contributed by atoms with E-state index in [9.17, 15) is 4.79 Å². The summed E-state index contributed by atoms with van der Waals surface area (Å²) >= 11 is 6.07. The first-order chi connectivity index (χ1) is 8.49. The average molecular weight is 271 g/mol. The van der Waals surface area contributed by atoms with Crippen LogP contribution in [0.5, 0.6) is 0 Å². The first-order valence-electron chi connectivity index (χ1n) is 6.19. The van der Waals surface area contributed by atoms with Crippen molar-refractivity contribution in [3.63, 3.8) is 0 Å². The molecule has 1 atom stereocenters. The number of hydrogen-bond acceptors (Lipinski definition) is 3. The van der Waals surface area contributed by atoms with Crippen LogP contribution in [-0.4, -0.2) is 46.3 Å². The number of nitrogens with zero attached hydrogens (tertiary/aromatic N) is 3. The van der Waals surface area contributed by atoms with Gasteiger partial charge in [0.1, 0.15) is 6.54 Å². The van der Waals surface area contributed by atoms with Gasteiger partial charge in [-0.3, -0.25) is 9.48 Å². The predicted octanol–water partition coefficient (Wildman–Crippen LogP) is 0.974. The lowest BCUT2D eigenvalue weighted by atomic mass is 10.2. The monoisotopic (exact) mass is 270 g/mol. The van der Waals surface area contributed by atoms with Crippen LogP contribution in [0.3, 0.4) is 0 Å². The number of nitrogens with one attached hydrogen (secondary N) is 1. The zero-order valence-electron chi connectivity index (χ0n) is 11.0. The maximum atomic E-state index is 12.2. The highest BCUT2D eigenvalue weighted by Crippen LogP contribution is 2.18. The molecule has 1 saturated heterocycles. The Hall–Kier alpha value is -1.07. The minimum atomic E-state index is 0.102. The molecule has 0 aliphatic carbocycles. The molecule has 100 valence electrons. The van der Waals surface area contributed by atoms with Crippen LogP contribution in [0.15, 0.2) is 0 Å². The third-order valence-electron chi connectivity index (χ3n) is 3.30. The van der Waals surface area contributed by atoms with Gasteiger partial charge < -0.3 is 10.2 Å². The maximum Gasteiger partial charge on any atom is 0.244 e. The highest BCUT2D eigenvalue weighted by molar-refractivity contribution is 6.31. The van der Waals surface area contributed by atoms with Gasteiger partial charge in [0.2, 0.25) is 5.91 Å². The van der Waals surface area contributed by atoms with Gasteiger partial charge in [0.25, 0.3) is 0 Å². The second-order valence-corrected chi connectivity index (χ2v) is 5.22. The van der Waals surface area contributed by atoms with E-state index in [2.05, 4.69) is 17.3 Å². The van der Waals surface area contributed by atoms with Crippen molar-refractivity contribution < 1.29 is 4.79 Å². The van der Waals surface area contributed by atoms with Crippen LogP contribution in [0.1, 0.15) is 18.3 Å². The predicted molar refractivity (Wildman–Crippen MR) is 70.8 cm³/mol. The fraction of sp³-hybridized carbons (Fsp3) is 0.667. The van der Waals surface area contributed by atoms with Gasteiger partial charge in [-0.1, -0.05) is 11.6 Å². The molecule has 1 aromatic heterocycles. The van der Waals surface area contributed by atoms with Crippen LogP contribution in [0.2, 0.25) is 5.02 Å². The van der Waals surface area contributed by atoms with Crippen molar-refractivity contribution in [2.24, 2.45) is 0 Å². The van der Waals surface area contributed by atoms with Gasteiger partial charge in [-0.05, 0) is 20.8 Å². The number of rotatable bonds is 2. The molecule has 1 N–H and O–H groups in total. The molecule has 0 aromatic carbocycles. The third kappa shape index (κ3) is 2.67. The molecule has 2 rings (SSSR count). The number of aromatic nitrogens is 2. The highest BCUT2D eigenvalue weighted by atomic mass is 35.5. The molecule has 5 nitrogen and oxygen atoms in total. The van der Waals surface area contributed by atoms with E-state index in [0.717, 1.165) is 31.0 Å². The summed E-state index contributed by atoms with van der Waals surface area (Å²) in [5, 5.41) is 8.25. The van der Waals surface area contributed by atoms with Crippen molar-refractivity contribution >= 4 is 17.5 Å². The molecule has 0 bridgehead atoms. The summed E-state index contributed by atoms with van der Waals surface area (Å²) < 4.78 is 1.69. The van der Waals surface area contributed by atoms with Gasteiger partial charge in [-0.2, -0.15) is 5.10 Å². The number of hydrogen-bond donors (Lipinski definition) is 1. The minimum absolute atomic E-state index is 0.102. The molecule has 6 heteroatoms. The zero-order valence-corrected chi connectivity index (χ0v) is 11.8. The van der Waals surface area contributed by atoms with Crippen LogP contribution < -0.4 is 5.32 Å². The molecule has 1 unspecified atom stereocenters. The van der Waals surface area contributed by atoms with E-state index in [1.807, 2.05) is 18.7 Å². The maximum absolute atomic E-state index is 12.2. The normalized spacial score (nSPS) is 20.2. The molecule has 2 heterocycles. The zero-order chi connectivity index (χ0) is 13.3. The molecular weight excluding hydrogens is 252 g/mol. The highest BCUT2D eigenvalue weighted by Gasteiger charge is 2.21. The number of amides is 1. The van der Waals surface area contributed by atoms with E-state index < -0.39 is 0 Å². The van der Waals surface area contributed by atoms with E-state index in [0.29, 0.717) is 11.1 Å². The van der Waals surface area contributed by atoms with E-state index in [4.69, 9.17) is 11.6 Å². The topological polar surface area (TPSA) is 50.2 Å². The molecule has 1 aliphatic rings. The molecule has 0 radical (unpaired) electrons. The summed E-state index contributed by atoms with van der Waals surface area (Å²) in [7, 11) is 0. The molecule has 1 amide bonds. The van der Waals surface area contributed by atoms with Crippen molar-refractivity contribution in [1.82, 2.24) is 20.0 Å². The Morgan fingerprint density at radius 2 is 2.28 bits per heavy atom. The van der Waals surface area contributed by atoms with Gasteiger partial charge in [-0.25, -0.2) is 0 Å². The van der Waals surface area contributed by atoms with Crippen molar-refractivity contribution in [2.45, 2.75) is 33.4 Å². The quantitative estimate of drug-likeness (QED) is 0.871. The summed E-state index contributed by atoms with van der Waals surface area (Å²) in [6, 6.07) is 0.353. The number of aryl methyl sites for hydroxylation is 1. The summed E-state index contributed by atoms with van der Waals surface area (Å²) in [6.45, 7) is 8.46. The summed E-state index contributed by atoms with van der Waals surface area (Å²) in [5.41, 5.74) is 1.63. The second-order valence-electron chi connectivity index (χ2n) is 4.84. The summed E-state index contributed by atoms with van der Waals surface area (Å²) in [5.74, 6) is 0.102. The summed E-state index contributed by atoms with van der Waals surface area (Å²) in [4.78, 5) is 14.1. The van der Waals surface area contributed by atoms with E-state index in [1.54, 1.807) is 4.68 Å². The average Bonchev–Trinajstić information content (AvgIpc) is 2.57. The van der Waals surface area contributed by atoms with Gasteiger partial charge in [0.15, 0.2) is 0 Å². The Morgan fingerprint density at radius 3 is 2.83 bits per heavy atom. The van der Waals surface area contributed by atoms with Crippen molar-refractivity contribution in [2.75, 3.05) is 19.6 Å². The Morgan fingerprint density at radius 1 is 1.56 bits per heavy atom. The first-order valence-corrected chi connectivity index (χ1v) is 6.57. The molecule has 1 aromatic rings. The standard InChI is InChI=1S/C12H19ClN4O/c1-8-6-16(5-4-14-8)11(18)7-17-10(3)12(13)9(2)15-17/h8,14H,4-7H2,1-3H3. The van der Waals surface area contributed by atoms with Crippen LogP contribution in [0, 0.1) is 13.8 Å². The molecule has 1 fully saturated rings. The first kappa shape index (κ1) is 13.4. The SMILES string of the molecule is Cc1nn(CC(=O)N2CCNC(C)C2)c(C)c1Cl. The van der Waals surface area contributed by atoms with Gasteiger partial charge in [0, 0.05) is 25.7 Å². The number of halogens is 1. The van der Waals surface area contributed by atoms with E-state index in [1.165, 1.54) is 0 Å². The Labute approximate surface area is 112 Å². The number of piperazine rings is 1. The number of carbonyl (C=O) groups is 1.